The summed E-state index contributed by atoms with van der Waals surface area (Å²) in [6, 6.07) is 7.37. The summed E-state index contributed by atoms with van der Waals surface area (Å²) >= 11 is 3.83. The standard InChI is InChI=1S/C11H15NS2/c1-12-11-7-14-6-8-3-4-9(13-2)5-10(8)11/h3-5,11-12H,6-7H2,1-2H3. The number of hydrogen-bond acceptors (Lipinski definition) is 3. The molecule has 1 nitrogen and oxygen atoms in total. The molecular formula is C11H15NS2. The molecular weight excluding hydrogens is 210 g/mol. The minimum absolute atomic E-state index is 0.538. The maximum Gasteiger partial charge on any atom is 0.0412 e. The molecule has 0 aromatic heterocycles. The van der Waals surface area contributed by atoms with E-state index in [9.17, 15) is 0 Å². The zero-order chi connectivity index (χ0) is 9.97. The quantitative estimate of drug-likeness (QED) is 0.777. The smallest absolute Gasteiger partial charge is 0.0412 e. The molecule has 1 aromatic rings. The molecule has 1 aliphatic heterocycles. The van der Waals surface area contributed by atoms with Crippen molar-refractivity contribution in [1.82, 2.24) is 5.32 Å². The number of fused-ring (bicyclic) bond motifs is 1. The van der Waals surface area contributed by atoms with Crippen molar-refractivity contribution in [3.05, 3.63) is 29.3 Å². The molecule has 0 saturated carbocycles. The second-order valence-corrected chi connectivity index (χ2v) is 5.33. The molecule has 0 saturated heterocycles. The fraction of sp³-hybridized carbons (Fsp3) is 0.455. The summed E-state index contributed by atoms with van der Waals surface area (Å²) < 4.78 is 0. The molecule has 0 amide bonds. The third-order valence-electron chi connectivity index (χ3n) is 2.62. The van der Waals surface area contributed by atoms with Gasteiger partial charge in [-0.1, -0.05) is 6.07 Å². The van der Waals surface area contributed by atoms with Crippen molar-refractivity contribution in [1.29, 1.82) is 0 Å². The molecule has 2 rings (SSSR count). The molecule has 1 N–H and O–H groups in total. The van der Waals surface area contributed by atoms with E-state index in [4.69, 9.17) is 0 Å². The van der Waals surface area contributed by atoms with Gasteiger partial charge < -0.3 is 5.32 Å². The highest BCUT2D eigenvalue weighted by Crippen LogP contribution is 2.33. The monoisotopic (exact) mass is 225 g/mol. The van der Waals surface area contributed by atoms with E-state index in [1.54, 1.807) is 0 Å². The number of benzene rings is 1. The van der Waals surface area contributed by atoms with Gasteiger partial charge in [0.05, 0.1) is 0 Å². The van der Waals surface area contributed by atoms with Crippen LogP contribution in [0.1, 0.15) is 17.2 Å². The summed E-state index contributed by atoms with van der Waals surface area (Å²) in [6.07, 6.45) is 2.13. The SMILES string of the molecule is CNC1CSCc2ccc(SC)cc21. The van der Waals surface area contributed by atoms with Gasteiger partial charge in [0.25, 0.3) is 0 Å². The predicted molar refractivity (Wildman–Crippen MR) is 66.2 cm³/mol. The predicted octanol–water partition coefficient (Wildman–Crippen LogP) is 2.92. The van der Waals surface area contributed by atoms with Gasteiger partial charge in [0, 0.05) is 22.4 Å². The Balaban J connectivity index is 2.38. The molecule has 0 aliphatic carbocycles. The normalized spacial score (nSPS) is 20.6. The van der Waals surface area contributed by atoms with Crippen LogP contribution in [0.15, 0.2) is 23.1 Å². The Morgan fingerprint density at radius 1 is 1.50 bits per heavy atom. The van der Waals surface area contributed by atoms with Gasteiger partial charge in [0.15, 0.2) is 0 Å². The minimum atomic E-state index is 0.538. The van der Waals surface area contributed by atoms with Gasteiger partial charge in [-0.3, -0.25) is 0 Å². The summed E-state index contributed by atoms with van der Waals surface area (Å²) in [5, 5.41) is 3.38. The molecule has 0 spiro atoms. The third-order valence-corrected chi connectivity index (χ3v) is 4.43. The first-order chi connectivity index (χ1) is 6.85. The summed E-state index contributed by atoms with van der Waals surface area (Å²) in [7, 11) is 2.05. The van der Waals surface area contributed by atoms with Gasteiger partial charge >= 0.3 is 0 Å². The maximum atomic E-state index is 3.38. The van der Waals surface area contributed by atoms with Gasteiger partial charge in [-0.05, 0) is 36.6 Å². The lowest BCUT2D eigenvalue weighted by atomic mass is 10.0. The lowest BCUT2D eigenvalue weighted by Gasteiger charge is -2.25. The Hall–Kier alpha value is -0.120. The molecule has 3 heteroatoms. The van der Waals surface area contributed by atoms with Crippen LogP contribution in [0.3, 0.4) is 0 Å². The van der Waals surface area contributed by atoms with Crippen molar-refractivity contribution < 1.29 is 0 Å². The topological polar surface area (TPSA) is 12.0 Å². The Morgan fingerprint density at radius 2 is 2.36 bits per heavy atom. The van der Waals surface area contributed by atoms with Crippen LogP contribution in [0, 0.1) is 0 Å². The van der Waals surface area contributed by atoms with Crippen molar-refractivity contribution in [2.45, 2.75) is 16.7 Å². The number of nitrogens with one attached hydrogen (secondary N) is 1. The zero-order valence-corrected chi connectivity index (χ0v) is 10.2. The number of hydrogen-bond donors (Lipinski definition) is 1. The second kappa shape index (κ2) is 4.60. The Morgan fingerprint density at radius 3 is 3.07 bits per heavy atom. The van der Waals surface area contributed by atoms with Crippen LogP contribution in [0.2, 0.25) is 0 Å². The van der Waals surface area contributed by atoms with E-state index in [1.165, 1.54) is 27.5 Å². The van der Waals surface area contributed by atoms with Crippen LogP contribution in [0.25, 0.3) is 0 Å². The van der Waals surface area contributed by atoms with Gasteiger partial charge in [-0.2, -0.15) is 11.8 Å². The molecule has 1 heterocycles. The summed E-state index contributed by atoms with van der Waals surface area (Å²) in [5.74, 6) is 2.36. The van der Waals surface area contributed by atoms with E-state index >= 15 is 0 Å². The fourth-order valence-electron chi connectivity index (χ4n) is 1.77. The van der Waals surface area contributed by atoms with Gasteiger partial charge in [-0.15, -0.1) is 11.8 Å². The maximum absolute atomic E-state index is 3.38. The largest absolute Gasteiger partial charge is 0.312 e. The number of thioether (sulfide) groups is 2. The van der Waals surface area contributed by atoms with Crippen LogP contribution < -0.4 is 5.32 Å². The first kappa shape index (κ1) is 10.4. The summed E-state index contributed by atoms with van der Waals surface area (Å²) in [4.78, 5) is 1.37. The molecule has 1 unspecified atom stereocenters. The van der Waals surface area contributed by atoms with Crippen LogP contribution in [-0.2, 0) is 5.75 Å². The van der Waals surface area contributed by atoms with Crippen LogP contribution >= 0.6 is 23.5 Å². The Kier molecular flexibility index (Phi) is 3.42. The van der Waals surface area contributed by atoms with E-state index in [0.29, 0.717) is 6.04 Å². The van der Waals surface area contributed by atoms with E-state index in [-0.39, 0.29) is 0 Å². The average Bonchev–Trinajstić information content (AvgIpc) is 2.27. The lowest BCUT2D eigenvalue weighted by Crippen LogP contribution is -2.23. The van der Waals surface area contributed by atoms with Crippen molar-refractivity contribution in [3.63, 3.8) is 0 Å². The first-order valence-corrected chi connectivity index (χ1v) is 7.15. The molecule has 76 valence electrons. The van der Waals surface area contributed by atoms with E-state index in [1.807, 2.05) is 30.6 Å². The third kappa shape index (κ3) is 1.95. The Bertz CT molecular complexity index is 325. The highest BCUT2D eigenvalue weighted by Gasteiger charge is 2.18. The summed E-state index contributed by atoms with van der Waals surface area (Å²) in [5.41, 5.74) is 3.00. The molecule has 0 bridgehead atoms. The van der Waals surface area contributed by atoms with Crippen molar-refractivity contribution in [2.24, 2.45) is 0 Å². The van der Waals surface area contributed by atoms with Crippen LogP contribution in [0.4, 0.5) is 0 Å². The van der Waals surface area contributed by atoms with Crippen molar-refractivity contribution in [3.8, 4) is 0 Å². The molecule has 0 radical (unpaired) electrons. The van der Waals surface area contributed by atoms with Gasteiger partial charge in [-0.25, -0.2) is 0 Å². The lowest BCUT2D eigenvalue weighted by molar-refractivity contribution is 0.649. The van der Waals surface area contributed by atoms with Crippen molar-refractivity contribution >= 4 is 23.5 Å². The highest BCUT2D eigenvalue weighted by atomic mass is 32.2. The van der Waals surface area contributed by atoms with Crippen molar-refractivity contribution in [2.75, 3.05) is 19.1 Å². The minimum Gasteiger partial charge on any atom is -0.312 e. The molecule has 14 heavy (non-hydrogen) atoms. The molecule has 1 aromatic carbocycles. The molecule has 0 fully saturated rings. The van der Waals surface area contributed by atoms with Gasteiger partial charge in [0.1, 0.15) is 0 Å². The highest BCUT2D eigenvalue weighted by molar-refractivity contribution is 7.98. The van der Waals surface area contributed by atoms with E-state index < -0.39 is 0 Å². The first-order valence-electron chi connectivity index (χ1n) is 4.77. The fourth-order valence-corrected chi connectivity index (χ4v) is 3.40. The van der Waals surface area contributed by atoms with Gasteiger partial charge in [0.2, 0.25) is 0 Å². The summed E-state index contributed by atoms with van der Waals surface area (Å²) in [6.45, 7) is 0. The van der Waals surface area contributed by atoms with E-state index in [2.05, 4.69) is 29.8 Å². The zero-order valence-electron chi connectivity index (χ0n) is 8.54. The molecule has 1 aliphatic rings. The number of rotatable bonds is 2. The Labute approximate surface area is 94.0 Å². The van der Waals surface area contributed by atoms with Crippen LogP contribution in [-0.4, -0.2) is 19.1 Å². The molecule has 1 atom stereocenters. The van der Waals surface area contributed by atoms with Crippen LogP contribution in [0.5, 0.6) is 0 Å². The second-order valence-electron chi connectivity index (χ2n) is 3.42. The average molecular weight is 225 g/mol. The van der Waals surface area contributed by atoms with E-state index in [0.717, 1.165) is 0 Å².